The monoisotopic (exact) mass is 194 g/mol. The molecule has 0 heterocycles. The van der Waals surface area contributed by atoms with Gasteiger partial charge in [0.05, 0.1) is 0 Å². The van der Waals surface area contributed by atoms with Crippen molar-refractivity contribution in [2.24, 2.45) is 0 Å². The van der Waals surface area contributed by atoms with Gasteiger partial charge in [-0.05, 0) is 13.8 Å². The van der Waals surface area contributed by atoms with E-state index in [-0.39, 0.29) is 0 Å². The molecule has 0 unspecified atom stereocenters. The van der Waals surface area contributed by atoms with Crippen molar-refractivity contribution >= 4 is 0 Å². The zero-order valence-electron chi connectivity index (χ0n) is 10.7. The van der Waals surface area contributed by atoms with Crippen molar-refractivity contribution in [2.45, 2.75) is 41.5 Å². The maximum absolute atomic E-state index is 3.65. The van der Waals surface area contributed by atoms with Crippen LogP contribution in [0.15, 0.2) is 48.6 Å². The van der Waals surface area contributed by atoms with E-state index in [2.05, 4.69) is 19.2 Å². The summed E-state index contributed by atoms with van der Waals surface area (Å²) in [5, 5.41) is 0. The van der Waals surface area contributed by atoms with Crippen LogP contribution >= 0.6 is 0 Å². The van der Waals surface area contributed by atoms with E-state index in [1.54, 1.807) is 6.08 Å². The third kappa shape index (κ3) is 17.2. The van der Waals surface area contributed by atoms with Crippen LogP contribution in [0.3, 0.4) is 0 Å². The molecule has 0 fully saturated rings. The van der Waals surface area contributed by atoms with Gasteiger partial charge in [-0.2, -0.15) is 0 Å². The van der Waals surface area contributed by atoms with Crippen LogP contribution in [-0.2, 0) is 0 Å². The molecule has 0 saturated carbocycles. The zero-order chi connectivity index (χ0) is 12.0. The summed E-state index contributed by atoms with van der Waals surface area (Å²) in [6.45, 7) is 19.3. The van der Waals surface area contributed by atoms with Crippen molar-refractivity contribution in [3.05, 3.63) is 48.6 Å². The number of hydrogen-bond donors (Lipinski definition) is 0. The molecule has 0 N–H and O–H groups in total. The number of hydrogen-bond acceptors (Lipinski definition) is 0. The van der Waals surface area contributed by atoms with Gasteiger partial charge in [-0.25, -0.2) is 0 Å². The number of allylic oxidation sites excluding steroid dienone is 6. The quantitative estimate of drug-likeness (QED) is 0.534. The SMILES string of the molecule is C=C/C=C(C)\C=C(\C)C=C.CC.CC. The Labute approximate surface area is 90.7 Å². The molecule has 0 aromatic rings. The standard InChI is InChI=1S/C10H14.2C2H6/c1-5-7-10(4)8-9(3)6-2;2*1-2/h5-8H,1-2H2,3-4H3;2*1-2H3/b9-8-,10-7-;;. The molecule has 0 nitrogen and oxygen atoms in total. The fourth-order valence-electron chi connectivity index (χ4n) is 0.652. The van der Waals surface area contributed by atoms with Crippen LogP contribution in [0, 0.1) is 0 Å². The lowest BCUT2D eigenvalue weighted by atomic mass is 10.2. The molecule has 0 saturated heterocycles. The zero-order valence-corrected chi connectivity index (χ0v) is 10.7. The Morgan fingerprint density at radius 2 is 1.29 bits per heavy atom. The van der Waals surface area contributed by atoms with Gasteiger partial charge in [0.25, 0.3) is 0 Å². The summed E-state index contributed by atoms with van der Waals surface area (Å²) in [6.07, 6.45) is 7.64. The Bertz CT molecular complexity index is 180. The Morgan fingerprint density at radius 3 is 1.57 bits per heavy atom. The second kappa shape index (κ2) is 17.9. The molecule has 0 aliphatic rings. The average Bonchev–Trinajstić information content (AvgIpc) is 2.24. The molecule has 0 bridgehead atoms. The highest BCUT2D eigenvalue weighted by Gasteiger charge is 1.80. The molecule has 0 aromatic carbocycles. The van der Waals surface area contributed by atoms with Crippen molar-refractivity contribution in [3.8, 4) is 0 Å². The fourth-order valence-corrected chi connectivity index (χ4v) is 0.652. The van der Waals surface area contributed by atoms with Crippen molar-refractivity contribution in [3.63, 3.8) is 0 Å². The van der Waals surface area contributed by atoms with Gasteiger partial charge in [-0.15, -0.1) is 0 Å². The predicted molar refractivity (Wildman–Crippen MR) is 70.6 cm³/mol. The number of rotatable bonds is 3. The van der Waals surface area contributed by atoms with Crippen molar-refractivity contribution in [2.75, 3.05) is 0 Å². The summed E-state index contributed by atoms with van der Waals surface area (Å²) in [5.74, 6) is 0. The van der Waals surface area contributed by atoms with Gasteiger partial charge >= 0.3 is 0 Å². The summed E-state index contributed by atoms with van der Waals surface area (Å²) in [4.78, 5) is 0. The van der Waals surface area contributed by atoms with Gasteiger partial charge in [-0.3, -0.25) is 0 Å². The summed E-state index contributed by atoms with van der Waals surface area (Å²) in [7, 11) is 0. The molecule has 0 radical (unpaired) electrons. The normalized spacial score (nSPS) is 10.1. The van der Waals surface area contributed by atoms with Gasteiger partial charge in [0.2, 0.25) is 0 Å². The summed E-state index contributed by atoms with van der Waals surface area (Å²) in [6, 6.07) is 0. The van der Waals surface area contributed by atoms with E-state index in [1.165, 1.54) is 11.1 Å². The van der Waals surface area contributed by atoms with Crippen molar-refractivity contribution in [1.82, 2.24) is 0 Å². The van der Waals surface area contributed by atoms with Crippen LogP contribution in [0.1, 0.15) is 41.5 Å². The molecule has 0 aliphatic carbocycles. The molecule has 0 heteroatoms. The molecule has 0 amide bonds. The topological polar surface area (TPSA) is 0 Å². The van der Waals surface area contributed by atoms with E-state index >= 15 is 0 Å². The third-order valence-corrected chi connectivity index (χ3v) is 1.16. The molecule has 14 heavy (non-hydrogen) atoms. The lowest BCUT2D eigenvalue weighted by molar-refractivity contribution is 1.44. The van der Waals surface area contributed by atoms with Gasteiger partial charge in [0, 0.05) is 0 Å². The first kappa shape index (κ1) is 18.7. The maximum atomic E-state index is 3.65. The first-order valence-corrected chi connectivity index (χ1v) is 5.30. The van der Waals surface area contributed by atoms with Crippen LogP contribution in [-0.4, -0.2) is 0 Å². The van der Waals surface area contributed by atoms with Crippen LogP contribution < -0.4 is 0 Å². The Kier molecular flexibility index (Phi) is 23.9. The minimum atomic E-state index is 1.18. The molecular formula is C14H26. The van der Waals surface area contributed by atoms with Crippen molar-refractivity contribution in [1.29, 1.82) is 0 Å². The predicted octanol–water partition coefficient (Wildman–Crippen LogP) is 5.30. The molecule has 0 aromatic heterocycles. The minimum Gasteiger partial charge on any atom is -0.0991 e. The van der Waals surface area contributed by atoms with Gasteiger partial charge in [0.15, 0.2) is 0 Å². The van der Waals surface area contributed by atoms with Crippen LogP contribution in [0.2, 0.25) is 0 Å². The van der Waals surface area contributed by atoms with E-state index in [0.29, 0.717) is 0 Å². The van der Waals surface area contributed by atoms with Gasteiger partial charge < -0.3 is 0 Å². The second-order valence-corrected chi connectivity index (χ2v) is 2.24. The van der Waals surface area contributed by atoms with E-state index < -0.39 is 0 Å². The highest BCUT2D eigenvalue weighted by Crippen LogP contribution is 2.01. The molecule has 0 spiro atoms. The minimum absolute atomic E-state index is 1.18. The Morgan fingerprint density at radius 1 is 0.857 bits per heavy atom. The van der Waals surface area contributed by atoms with Crippen LogP contribution in [0.25, 0.3) is 0 Å². The third-order valence-electron chi connectivity index (χ3n) is 1.16. The largest absolute Gasteiger partial charge is 0.0991 e. The maximum Gasteiger partial charge on any atom is -0.0398 e. The highest BCUT2D eigenvalue weighted by molar-refractivity contribution is 5.28. The summed E-state index contributed by atoms with van der Waals surface area (Å²) < 4.78 is 0. The van der Waals surface area contributed by atoms with Crippen LogP contribution in [0.4, 0.5) is 0 Å². The summed E-state index contributed by atoms with van der Waals surface area (Å²) in [5.41, 5.74) is 2.38. The van der Waals surface area contributed by atoms with Crippen molar-refractivity contribution < 1.29 is 0 Å². The molecular weight excluding hydrogens is 168 g/mol. The van der Waals surface area contributed by atoms with Gasteiger partial charge in [-0.1, -0.05) is 76.3 Å². The van der Waals surface area contributed by atoms with E-state index in [9.17, 15) is 0 Å². The second-order valence-electron chi connectivity index (χ2n) is 2.24. The van der Waals surface area contributed by atoms with Crippen LogP contribution in [0.5, 0.6) is 0 Å². The molecule has 0 atom stereocenters. The summed E-state index contributed by atoms with van der Waals surface area (Å²) >= 11 is 0. The first-order valence-electron chi connectivity index (χ1n) is 5.30. The van der Waals surface area contributed by atoms with E-state index in [1.807, 2.05) is 53.7 Å². The molecule has 0 rings (SSSR count). The van der Waals surface area contributed by atoms with E-state index in [0.717, 1.165) is 0 Å². The molecule has 82 valence electrons. The Hall–Kier alpha value is -1.04. The van der Waals surface area contributed by atoms with E-state index in [4.69, 9.17) is 0 Å². The first-order chi connectivity index (χ1) is 6.70. The lowest BCUT2D eigenvalue weighted by Gasteiger charge is -1.90. The molecule has 0 aliphatic heterocycles. The average molecular weight is 194 g/mol. The fraction of sp³-hybridized carbons (Fsp3) is 0.429. The van der Waals surface area contributed by atoms with Gasteiger partial charge in [0.1, 0.15) is 0 Å². The lowest BCUT2D eigenvalue weighted by Crippen LogP contribution is -1.70. The smallest absolute Gasteiger partial charge is 0.0398 e. The highest BCUT2D eigenvalue weighted by atomic mass is 13.9. The Balaban J connectivity index is -0.000000266.